The molecule has 164 valence electrons. The van der Waals surface area contributed by atoms with Crippen molar-refractivity contribution in [2.75, 3.05) is 5.32 Å². The molecule has 0 saturated carbocycles. The molecule has 32 heavy (non-hydrogen) atoms. The quantitative estimate of drug-likeness (QED) is 0.377. The third-order valence-corrected chi connectivity index (χ3v) is 5.12. The molecule has 0 aliphatic heterocycles. The fourth-order valence-corrected chi connectivity index (χ4v) is 3.30. The molecule has 1 atom stereocenters. The van der Waals surface area contributed by atoms with E-state index < -0.39 is 28.7 Å². The third kappa shape index (κ3) is 5.34. The third-order valence-electron chi connectivity index (χ3n) is 5.12. The van der Waals surface area contributed by atoms with E-state index in [1.807, 2.05) is 30.3 Å². The van der Waals surface area contributed by atoms with Gasteiger partial charge in [0.25, 0.3) is 0 Å². The van der Waals surface area contributed by atoms with Gasteiger partial charge in [-0.1, -0.05) is 42.5 Å². The highest BCUT2D eigenvalue weighted by atomic mass is 19.1. The first kappa shape index (κ1) is 22.6. The van der Waals surface area contributed by atoms with Gasteiger partial charge in [-0.25, -0.2) is 9.18 Å². The second kappa shape index (κ2) is 9.82. The molecule has 0 spiro atoms. The van der Waals surface area contributed by atoms with E-state index in [0.29, 0.717) is 5.56 Å². The van der Waals surface area contributed by atoms with Gasteiger partial charge in [-0.05, 0) is 47.4 Å². The highest BCUT2D eigenvalue weighted by Crippen LogP contribution is 2.27. The molecule has 0 aliphatic carbocycles. The number of carbonyl (C=O) groups excluding carboxylic acids is 1. The highest BCUT2D eigenvalue weighted by molar-refractivity contribution is 5.95. The number of hydrogen-bond acceptors (Lipinski definition) is 4. The minimum Gasteiger partial charge on any atom is -0.478 e. The van der Waals surface area contributed by atoms with Gasteiger partial charge >= 0.3 is 5.97 Å². The summed E-state index contributed by atoms with van der Waals surface area (Å²) < 4.78 is 14.5. The van der Waals surface area contributed by atoms with Gasteiger partial charge in [0.1, 0.15) is 5.82 Å². The number of nitrogens with one attached hydrogen (secondary N) is 1. The van der Waals surface area contributed by atoms with Crippen LogP contribution in [0, 0.1) is 15.9 Å². The van der Waals surface area contributed by atoms with Crippen LogP contribution in [0.25, 0.3) is 11.1 Å². The first-order chi connectivity index (χ1) is 15.3. The molecule has 0 aromatic heterocycles. The van der Waals surface area contributed by atoms with Crippen molar-refractivity contribution < 1.29 is 24.0 Å². The number of halogens is 1. The van der Waals surface area contributed by atoms with Gasteiger partial charge in [-0.3, -0.25) is 14.9 Å². The first-order valence-electron chi connectivity index (χ1n) is 9.90. The van der Waals surface area contributed by atoms with Crippen LogP contribution in [0.4, 0.5) is 10.1 Å². The Hall–Kier alpha value is -4.07. The molecule has 3 aromatic rings. The number of hydrogen-bond donors (Lipinski definition) is 2. The maximum Gasteiger partial charge on any atom is 0.335 e. The molecule has 0 bridgehead atoms. The number of aromatic carboxylic acids is 1. The lowest BCUT2D eigenvalue weighted by molar-refractivity contribution is -0.524. The Bertz CT molecular complexity index is 1160. The number of carboxylic acid groups (broad SMARTS) is 1. The van der Waals surface area contributed by atoms with Crippen molar-refractivity contribution in [3.63, 3.8) is 0 Å². The maximum absolute atomic E-state index is 14.5. The minimum atomic E-state index is -1.22. The summed E-state index contributed by atoms with van der Waals surface area (Å²) >= 11 is 0. The summed E-state index contributed by atoms with van der Waals surface area (Å²) in [6, 6.07) is 16.7. The molecule has 2 N–H and O–H groups in total. The van der Waals surface area contributed by atoms with Crippen LogP contribution < -0.4 is 5.32 Å². The van der Waals surface area contributed by atoms with E-state index in [1.54, 1.807) is 12.1 Å². The van der Waals surface area contributed by atoms with Gasteiger partial charge in [-0.2, -0.15) is 0 Å². The fraction of sp³-hybridized carbons (Fsp3) is 0.167. The Morgan fingerprint density at radius 1 is 1.06 bits per heavy atom. The van der Waals surface area contributed by atoms with Crippen LogP contribution in [-0.4, -0.2) is 21.9 Å². The predicted molar refractivity (Wildman–Crippen MR) is 118 cm³/mol. The van der Waals surface area contributed by atoms with E-state index in [0.717, 1.165) is 11.1 Å². The van der Waals surface area contributed by atoms with E-state index in [4.69, 9.17) is 0 Å². The van der Waals surface area contributed by atoms with Crippen molar-refractivity contribution in [3.05, 3.63) is 99.4 Å². The zero-order valence-electron chi connectivity index (χ0n) is 17.2. The lowest BCUT2D eigenvalue weighted by atomic mass is 10.0. The van der Waals surface area contributed by atoms with Gasteiger partial charge in [0.05, 0.1) is 11.3 Å². The van der Waals surface area contributed by atoms with Crippen molar-refractivity contribution in [2.45, 2.75) is 25.8 Å². The largest absolute Gasteiger partial charge is 0.478 e. The Morgan fingerprint density at radius 2 is 1.78 bits per heavy atom. The summed E-state index contributed by atoms with van der Waals surface area (Å²) in [6.45, 7) is 1.34. The van der Waals surface area contributed by atoms with E-state index in [1.165, 1.54) is 31.2 Å². The Morgan fingerprint density at radius 3 is 2.41 bits per heavy atom. The Labute approximate surface area is 183 Å². The number of aryl methyl sites for hydroxylation is 1. The number of anilines is 1. The van der Waals surface area contributed by atoms with Crippen molar-refractivity contribution >= 4 is 17.6 Å². The van der Waals surface area contributed by atoms with Gasteiger partial charge in [0, 0.05) is 23.8 Å². The molecular formula is C24H21FN2O5. The van der Waals surface area contributed by atoms with E-state index in [2.05, 4.69) is 5.32 Å². The number of amides is 1. The summed E-state index contributed by atoms with van der Waals surface area (Å²) in [5.74, 6) is -2.16. The lowest BCUT2D eigenvalue weighted by Crippen LogP contribution is -2.17. The van der Waals surface area contributed by atoms with E-state index in [9.17, 15) is 29.2 Å². The minimum absolute atomic E-state index is 0.0546. The van der Waals surface area contributed by atoms with Gasteiger partial charge < -0.3 is 10.4 Å². The predicted octanol–water partition coefficient (Wildman–Crippen LogP) is 5.10. The van der Waals surface area contributed by atoms with Crippen LogP contribution in [0.2, 0.25) is 0 Å². The first-order valence-corrected chi connectivity index (χ1v) is 9.90. The van der Waals surface area contributed by atoms with Gasteiger partial charge in [-0.15, -0.1) is 0 Å². The second-order valence-electron chi connectivity index (χ2n) is 7.29. The normalized spacial score (nSPS) is 11.6. The Balaban J connectivity index is 1.73. The zero-order chi connectivity index (χ0) is 23.3. The van der Waals surface area contributed by atoms with Crippen molar-refractivity contribution in [3.8, 4) is 11.1 Å². The van der Waals surface area contributed by atoms with E-state index in [-0.39, 0.29) is 29.7 Å². The Kier molecular flexibility index (Phi) is 6.94. The summed E-state index contributed by atoms with van der Waals surface area (Å²) in [4.78, 5) is 34.3. The molecule has 7 nitrogen and oxygen atoms in total. The molecule has 1 unspecified atom stereocenters. The molecule has 0 fully saturated rings. The molecule has 1 amide bonds. The fourth-order valence-electron chi connectivity index (χ4n) is 3.30. The molecule has 8 heteroatoms. The SMILES string of the molecule is CC(c1ccc(C(=O)O)cc1NC(=O)CCc1ccc(-c2ccccc2)cc1F)[N+](=O)[O-]. The van der Waals surface area contributed by atoms with Gasteiger partial charge in [0.2, 0.25) is 11.9 Å². The van der Waals surface area contributed by atoms with Crippen molar-refractivity contribution in [2.24, 2.45) is 0 Å². The van der Waals surface area contributed by atoms with Crippen LogP contribution in [0.5, 0.6) is 0 Å². The summed E-state index contributed by atoms with van der Waals surface area (Å²) in [5, 5.41) is 22.9. The number of carbonyl (C=O) groups is 2. The standard InChI is InChI=1S/C24H21FN2O5/c1-15(27(31)32)20-11-9-19(24(29)30)14-22(20)26-23(28)12-10-17-7-8-18(13-21(17)25)16-5-3-2-4-6-16/h2-9,11,13-15H,10,12H2,1H3,(H,26,28)(H,29,30). The van der Waals surface area contributed by atoms with Crippen molar-refractivity contribution in [1.82, 2.24) is 0 Å². The monoisotopic (exact) mass is 436 g/mol. The lowest BCUT2D eigenvalue weighted by Gasteiger charge is -2.13. The van der Waals surface area contributed by atoms with Crippen LogP contribution in [0.3, 0.4) is 0 Å². The average molecular weight is 436 g/mol. The van der Waals surface area contributed by atoms with Crippen LogP contribution in [-0.2, 0) is 11.2 Å². The number of nitrogens with zero attached hydrogens (tertiary/aromatic N) is 1. The molecule has 0 radical (unpaired) electrons. The summed E-state index contributed by atoms with van der Waals surface area (Å²) in [6.07, 6.45) is 0.0384. The molecule has 3 aromatic carbocycles. The van der Waals surface area contributed by atoms with Crippen LogP contribution in [0.1, 0.15) is 40.9 Å². The van der Waals surface area contributed by atoms with Gasteiger partial charge in [0.15, 0.2) is 0 Å². The molecule has 0 aliphatic rings. The number of rotatable bonds is 8. The van der Waals surface area contributed by atoms with Crippen LogP contribution >= 0.6 is 0 Å². The molecule has 3 rings (SSSR count). The number of nitro groups is 1. The molecular weight excluding hydrogens is 415 g/mol. The number of benzene rings is 3. The smallest absolute Gasteiger partial charge is 0.335 e. The molecule has 0 heterocycles. The molecule has 0 saturated heterocycles. The average Bonchev–Trinajstić information content (AvgIpc) is 2.78. The van der Waals surface area contributed by atoms with Crippen molar-refractivity contribution in [1.29, 1.82) is 0 Å². The zero-order valence-corrected chi connectivity index (χ0v) is 17.2. The highest BCUT2D eigenvalue weighted by Gasteiger charge is 2.22. The topological polar surface area (TPSA) is 110 Å². The summed E-state index contributed by atoms with van der Waals surface area (Å²) in [5.41, 5.74) is 2.09. The van der Waals surface area contributed by atoms with Crippen LogP contribution in [0.15, 0.2) is 66.7 Å². The summed E-state index contributed by atoms with van der Waals surface area (Å²) in [7, 11) is 0. The maximum atomic E-state index is 14.5. The number of carboxylic acids is 1. The van der Waals surface area contributed by atoms with E-state index >= 15 is 0 Å². The second-order valence-corrected chi connectivity index (χ2v) is 7.29.